The molecular weight excluding hydrogens is 1940 g/mol. The van der Waals surface area contributed by atoms with Crippen molar-refractivity contribution in [3.8, 4) is 57.0 Å². The van der Waals surface area contributed by atoms with Gasteiger partial charge in [0, 0.05) is 54.2 Å². The lowest BCUT2D eigenvalue weighted by atomic mass is 9.95. The fourth-order valence-electron chi connectivity index (χ4n) is 12.8. The van der Waals surface area contributed by atoms with Crippen LogP contribution in [0.15, 0.2) is 224 Å². The molecule has 27 heteroatoms. The van der Waals surface area contributed by atoms with Crippen molar-refractivity contribution in [3.05, 3.63) is 308 Å². The van der Waals surface area contributed by atoms with Gasteiger partial charge in [0.15, 0.2) is 0 Å². The van der Waals surface area contributed by atoms with E-state index in [1.807, 2.05) is 120 Å². The highest BCUT2D eigenvalue weighted by Crippen LogP contribution is 2.42. The standard InChI is InChI=1S/C29H28F2N2O4.C18H15ClF2N2O3.3C10H11BrO.C10H13NO.C6H5BrO.C4H7Br/c1-28(2,3)37-27(35)33-15-22-24(26(33)34)18(13-21(32-22)25-19(30)7-6-8-20(25)31)11-16-9-10-17-14-29(4,5)36-23(17)12-16;1-18(2,3)26-17(25)23-8-13-14(16(23)24)9(19)7-12(22-13)15-10(20)5-4-6-11(15)21;1-10(2)6-7-3-4-8(11)5-9(7)12-10;1-7(2)5-8-3-4-9(11)6-10(8)12;1-8(2)7-12-10-5-3-4-9(11)6-10;1-10(2)6-7-3-4-8(11)5-9(7)12-10;7-5-2-1-3-6(8)4-5;1-4(2)3-5/h6-10,12-13H,11,14-15H2,1-5H3;4-7H,8H2,1-3H3;3-5H,6H2,1-2H3;3-4,6,12H,1,5H2,2H3;3-6H,1,7H2,2H3;3-5H,6,11H2,1-2H3;1-4,8H;1,3H2,2H3. The molecule has 4 N–H and O–H groups in total. The summed E-state index contributed by atoms with van der Waals surface area (Å²) in [4.78, 5) is 61.3. The molecule has 17 nitrogen and oxygen atoms in total. The van der Waals surface area contributed by atoms with Crippen LogP contribution < -0.4 is 24.7 Å². The van der Waals surface area contributed by atoms with Crippen LogP contribution in [-0.2, 0) is 54.7 Å². The van der Waals surface area contributed by atoms with Crippen LogP contribution in [0.4, 0.5) is 32.8 Å². The van der Waals surface area contributed by atoms with Gasteiger partial charge in [0.1, 0.15) is 92.4 Å². The van der Waals surface area contributed by atoms with E-state index < -0.39 is 58.5 Å². The van der Waals surface area contributed by atoms with Crippen LogP contribution in [-0.4, -0.2) is 93.9 Å². The zero-order valence-electron chi connectivity index (χ0n) is 71.8. The number of nitrogen functional groups attached to an aromatic ring is 1. The monoisotopic (exact) mass is 2030 g/mol. The van der Waals surface area contributed by atoms with Crippen molar-refractivity contribution in [1.29, 1.82) is 0 Å². The van der Waals surface area contributed by atoms with Crippen molar-refractivity contribution < 1.29 is 75.4 Å². The molecule has 0 aliphatic carbocycles. The molecule has 656 valence electrons. The number of carbonyl (C=O) groups is 4. The number of aromatic hydroxyl groups is 2. The summed E-state index contributed by atoms with van der Waals surface area (Å²) >= 11 is 22.6. The SMILES string of the molecule is C=C(C)CBr.C=C(C)COc1cccc(Br)c1.C=C(C)Cc1ccc(Br)cc1O.CC(C)(C)OC(=O)N1Cc2nc(-c3c(F)cccc3F)cc(Cc3ccc4c(c3)OC(C)(C)C4)c2C1=O.CC(C)(C)OC(=O)N1Cc2nc(-c3c(F)cccc3F)cc(Cl)c2C1=O.CC1(C)Cc2ccc(Br)cc2O1.CC1(C)Cc2ccc(N)cc2O1.Oc1cccc(Br)c1. The smallest absolute Gasteiger partial charge is 0.417 e. The Kier molecular flexibility index (Phi) is 34.5. The predicted octanol–water partition coefficient (Wildman–Crippen LogP) is 26.7. The van der Waals surface area contributed by atoms with Crippen molar-refractivity contribution in [2.24, 2.45) is 0 Å². The Morgan fingerprint density at radius 3 is 1.39 bits per heavy atom. The Bertz CT molecular complexity index is 5520. The molecule has 0 atom stereocenters. The van der Waals surface area contributed by atoms with Gasteiger partial charge in [-0.05, 0) is 265 Å². The number of amides is 4. The van der Waals surface area contributed by atoms with E-state index in [9.17, 15) is 41.8 Å². The van der Waals surface area contributed by atoms with Gasteiger partial charge in [-0.3, -0.25) is 9.59 Å². The Morgan fingerprint density at radius 1 is 0.516 bits per heavy atom. The molecule has 10 aromatic rings. The molecule has 5 aliphatic heterocycles. The second kappa shape index (κ2) is 42.9. The number of phenolic OH excluding ortho intramolecular Hbond substituents is 2. The van der Waals surface area contributed by atoms with Crippen LogP contribution in [0.5, 0.6) is 34.5 Å². The number of nitrogens with two attached hydrogens (primary N) is 1. The van der Waals surface area contributed by atoms with Gasteiger partial charge >= 0.3 is 12.2 Å². The van der Waals surface area contributed by atoms with E-state index >= 15 is 0 Å². The zero-order chi connectivity index (χ0) is 91.8. The molecule has 4 amide bonds. The predicted molar refractivity (Wildman–Crippen MR) is 499 cm³/mol. The highest BCUT2D eigenvalue weighted by Gasteiger charge is 2.41. The van der Waals surface area contributed by atoms with Gasteiger partial charge in [-0.1, -0.05) is 177 Å². The van der Waals surface area contributed by atoms with E-state index in [1.165, 1.54) is 41.0 Å². The van der Waals surface area contributed by atoms with Crippen LogP contribution in [0, 0.1) is 23.3 Å². The molecule has 5 aliphatic rings. The lowest BCUT2D eigenvalue weighted by Crippen LogP contribution is -2.37. The fourth-order valence-corrected chi connectivity index (χ4v) is 14.6. The van der Waals surface area contributed by atoms with E-state index in [0.29, 0.717) is 23.7 Å². The van der Waals surface area contributed by atoms with Gasteiger partial charge in [0.05, 0.1) is 63.1 Å². The molecule has 0 radical (unpaired) electrons. The summed E-state index contributed by atoms with van der Waals surface area (Å²) in [5.74, 6) is -0.120. The highest BCUT2D eigenvalue weighted by molar-refractivity contribution is 9.11. The van der Waals surface area contributed by atoms with E-state index in [0.717, 1.165) is 139 Å². The lowest BCUT2D eigenvalue weighted by molar-refractivity contribution is 0.0230. The average Bonchev–Trinajstić information content (AvgIpc) is 1.60. The summed E-state index contributed by atoms with van der Waals surface area (Å²) < 4.78 is 94.8. The molecule has 7 heterocycles. The molecule has 15 rings (SSSR count). The van der Waals surface area contributed by atoms with Gasteiger partial charge in [0.25, 0.3) is 11.8 Å². The number of phenols is 2. The normalized spacial score (nSPS) is 14.0. The molecule has 124 heavy (non-hydrogen) atoms. The number of nitrogens with zero attached hydrogens (tertiary/aromatic N) is 4. The van der Waals surface area contributed by atoms with Crippen LogP contribution in [0.3, 0.4) is 0 Å². The van der Waals surface area contributed by atoms with Crippen molar-refractivity contribution in [1.82, 2.24) is 19.8 Å². The van der Waals surface area contributed by atoms with E-state index in [4.69, 9.17) is 50.9 Å². The van der Waals surface area contributed by atoms with Crippen molar-refractivity contribution >= 4 is 121 Å². The van der Waals surface area contributed by atoms with Gasteiger partial charge in [-0.25, -0.2) is 46.9 Å². The summed E-state index contributed by atoms with van der Waals surface area (Å²) in [6.45, 7) is 39.8. The number of alkyl halides is 1. The summed E-state index contributed by atoms with van der Waals surface area (Å²) in [6.07, 6.45) is 2.15. The maximum atomic E-state index is 14.7. The molecule has 0 fully saturated rings. The van der Waals surface area contributed by atoms with Crippen molar-refractivity contribution in [3.63, 3.8) is 0 Å². The molecule has 0 saturated carbocycles. The first-order valence-corrected chi connectivity index (χ1v) is 43.9. The second-order valence-electron chi connectivity index (χ2n) is 33.8. The van der Waals surface area contributed by atoms with Crippen LogP contribution in [0.2, 0.25) is 5.02 Å². The minimum absolute atomic E-state index is 0.0247. The topological polar surface area (TPSA) is 222 Å². The maximum absolute atomic E-state index is 14.7. The van der Waals surface area contributed by atoms with Crippen molar-refractivity contribution in [2.45, 2.75) is 177 Å². The zero-order valence-corrected chi connectivity index (χ0v) is 80.5. The number of rotatable bonds is 10. The number of carbonyl (C=O) groups excluding carboxylic acids is 4. The number of imide groups is 2. The Morgan fingerprint density at radius 2 is 0.935 bits per heavy atom. The van der Waals surface area contributed by atoms with E-state index in [1.54, 1.807) is 65.8 Å². The third-order valence-electron chi connectivity index (χ3n) is 17.9. The molecular formula is C97H101Br5ClF4N5O12. The van der Waals surface area contributed by atoms with Gasteiger partial charge in [-0.2, -0.15) is 0 Å². The fraction of sp³-hybridized carbons (Fsp3) is 0.299. The molecule has 0 spiro atoms. The number of ether oxygens (including phenoxy) is 6. The van der Waals surface area contributed by atoms with Crippen LogP contribution in [0.25, 0.3) is 22.5 Å². The largest absolute Gasteiger partial charge is 0.508 e. The third-order valence-corrected chi connectivity index (χ3v) is 21.2. The first kappa shape index (κ1) is 99.6. The van der Waals surface area contributed by atoms with Gasteiger partial charge < -0.3 is 44.4 Å². The number of fused-ring (bicyclic) bond motifs is 5. The van der Waals surface area contributed by atoms with E-state index in [2.05, 4.69) is 149 Å². The Hall–Kier alpha value is -9.83. The second-order valence-corrected chi connectivity index (χ2v) is 38.4. The molecule has 0 bridgehead atoms. The number of aromatic nitrogens is 2. The first-order valence-electron chi connectivity index (χ1n) is 39.2. The third kappa shape index (κ3) is 29.4. The summed E-state index contributed by atoms with van der Waals surface area (Å²) in [5, 5.41) is 19.1. The Labute approximate surface area is 770 Å². The number of allylic oxidation sites excluding steroid dienone is 2. The number of anilines is 1. The van der Waals surface area contributed by atoms with Crippen molar-refractivity contribution in [2.75, 3.05) is 17.7 Å². The van der Waals surface area contributed by atoms with Crippen LogP contribution >= 0.6 is 91.3 Å². The first-order chi connectivity index (χ1) is 57.9. The number of halogens is 10. The van der Waals surface area contributed by atoms with Gasteiger partial charge in [0.2, 0.25) is 0 Å². The molecule has 0 saturated heterocycles. The quantitative estimate of drug-likeness (QED) is 0.0501. The summed E-state index contributed by atoms with van der Waals surface area (Å²) in [7, 11) is 0. The molecule has 0 unspecified atom stereocenters. The van der Waals surface area contributed by atoms with Crippen LogP contribution in [0.1, 0.15) is 169 Å². The lowest BCUT2D eigenvalue weighted by Gasteiger charge is -2.23. The van der Waals surface area contributed by atoms with Gasteiger partial charge in [-0.15, -0.1) is 0 Å². The number of hydrogen-bond acceptors (Lipinski definition) is 15. The van der Waals surface area contributed by atoms with E-state index in [-0.39, 0.29) is 86.4 Å². The minimum atomic E-state index is -0.838. The maximum Gasteiger partial charge on any atom is 0.417 e. The minimum Gasteiger partial charge on any atom is -0.508 e. The number of pyridine rings is 2. The highest BCUT2D eigenvalue weighted by atomic mass is 79.9. The summed E-state index contributed by atoms with van der Waals surface area (Å²) in [6, 6.07) is 47.9. The summed E-state index contributed by atoms with van der Waals surface area (Å²) in [5.41, 5.74) is 13.7. The molecule has 2 aromatic heterocycles. The molecule has 8 aromatic carbocycles. The number of benzene rings is 8. The number of hydrogen-bond donors (Lipinski definition) is 3. The average molecular weight is 2040 g/mol. The Balaban J connectivity index is 0.000000190.